The van der Waals surface area contributed by atoms with E-state index in [2.05, 4.69) is 4.98 Å². The SMILES string of the molecule is O=C(Oc1ccc(Cl)cc1)n1c2c(c(=O)[nH]c1=O)CC=C2. The van der Waals surface area contributed by atoms with Gasteiger partial charge in [0.1, 0.15) is 5.75 Å². The quantitative estimate of drug-likeness (QED) is 0.871. The molecule has 0 saturated heterocycles. The van der Waals surface area contributed by atoms with Gasteiger partial charge in [0, 0.05) is 10.6 Å². The van der Waals surface area contributed by atoms with E-state index >= 15 is 0 Å². The van der Waals surface area contributed by atoms with Crippen molar-refractivity contribution in [2.45, 2.75) is 6.42 Å². The average Bonchev–Trinajstić information content (AvgIpc) is 2.91. The third-order valence-electron chi connectivity index (χ3n) is 3.05. The molecule has 1 aromatic carbocycles. The number of ether oxygens (including phenoxy) is 1. The number of hydrogen-bond donors (Lipinski definition) is 1. The normalized spacial score (nSPS) is 12.2. The average molecular weight is 305 g/mol. The Balaban J connectivity index is 2.01. The van der Waals surface area contributed by atoms with Crippen molar-refractivity contribution in [3.8, 4) is 5.75 Å². The van der Waals surface area contributed by atoms with Gasteiger partial charge in [0.05, 0.1) is 5.69 Å². The highest BCUT2D eigenvalue weighted by Gasteiger charge is 2.21. The third-order valence-corrected chi connectivity index (χ3v) is 3.30. The van der Waals surface area contributed by atoms with E-state index in [1.165, 1.54) is 12.1 Å². The van der Waals surface area contributed by atoms with Gasteiger partial charge in [-0.3, -0.25) is 9.78 Å². The lowest BCUT2D eigenvalue weighted by Crippen LogP contribution is -2.38. The van der Waals surface area contributed by atoms with Crippen LogP contribution in [0.3, 0.4) is 0 Å². The summed E-state index contributed by atoms with van der Waals surface area (Å²) in [5.41, 5.74) is -0.704. The Bertz CT molecular complexity index is 862. The molecule has 1 N–H and O–H groups in total. The summed E-state index contributed by atoms with van der Waals surface area (Å²) in [6, 6.07) is 6.13. The minimum atomic E-state index is -0.888. The van der Waals surface area contributed by atoms with Crippen LogP contribution in [0.15, 0.2) is 39.9 Å². The molecule has 0 fully saturated rings. The molecule has 0 spiro atoms. The first-order valence-corrected chi connectivity index (χ1v) is 6.46. The molecule has 0 aliphatic heterocycles. The van der Waals surface area contributed by atoms with Gasteiger partial charge in [0.2, 0.25) is 0 Å². The number of nitrogens with zero attached hydrogens (tertiary/aromatic N) is 1. The van der Waals surface area contributed by atoms with Crippen LogP contribution < -0.4 is 16.0 Å². The van der Waals surface area contributed by atoms with Crippen LogP contribution in [0.5, 0.6) is 5.75 Å². The van der Waals surface area contributed by atoms with E-state index < -0.39 is 17.3 Å². The second-order valence-electron chi connectivity index (χ2n) is 4.39. The Kier molecular flexibility index (Phi) is 3.23. The smallest absolute Gasteiger partial charge is 0.410 e. The van der Waals surface area contributed by atoms with E-state index in [1.807, 2.05) is 0 Å². The van der Waals surface area contributed by atoms with E-state index in [0.29, 0.717) is 17.0 Å². The molecule has 21 heavy (non-hydrogen) atoms. The molecule has 0 radical (unpaired) electrons. The van der Waals surface area contributed by atoms with Gasteiger partial charge in [-0.25, -0.2) is 9.59 Å². The van der Waals surface area contributed by atoms with Gasteiger partial charge in [-0.1, -0.05) is 17.7 Å². The second kappa shape index (κ2) is 5.06. The summed E-state index contributed by atoms with van der Waals surface area (Å²) < 4.78 is 5.91. The Morgan fingerprint density at radius 2 is 1.95 bits per heavy atom. The van der Waals surface area contributed by atoms with Crippen LogP contribution >= 0.6 is 11.6 Å². The zero-order chi connectivity index (χ0) is 15.0. The van der Waals surface area contributed by atoms with E-state index in [1.54, 1.807) is 24.3 Å². The number of halogens is 1. The Labute approximate surface area is 123 Å². The van der Waals surface area contributed by atoms with Crippen molar-refractivity contribution >= 4 is 23.8 Å². The van der Waals surface area contributed by atoms with Crippen LogP contribution in [0.25, 0.3) is 6.08 Å². The first-order valence-electron chi connectivity index (χ1n) is 6.09. The summed E-state index contributed by atoms with van der Waals surface area (Å²) in [7, 11) is 0. The fraction of sp³-hybridized carbons (Fsp3) is 0.0714. The molecule has 3 rings (SSSR count). The summed E-state index contributed by atoms with van der Waals surface area (Å²) >= 11 is 5.74. The third kappa shape index (κ3) is 2.41. The highest BCUT2D eigenvalue weighted by molar-refractivity contribution is 6.30. The largest absolute Gasteiger partial charge is 0.428 e. The monoisotopic (exact) mass is 304 g/mol. The minimum absolute atomic E-state index is 0.248. The van der Waals surface area contributed by atoms with E-state index in [-0.39, 0.29) is 11.4 Å². The second-order valence-corrected chi connectivity index (χ2v) is 4.82. The molecular weight excluding hydrogens is 296 g/mol. The standard InChI is InChI=1S/C14H9ClN2O4/c15-8-4-6-9(7-5-8)21-14(20)17-11-3-1-2-10(11)12(18)16-13(17)19/h1,3-7H,2H2,(H,16,18,19). The van der Waals surface area contributed by atoms with Gasteiger partial charge < -0.3 is 4.74 Å². The number of benzene rings is 1. The van der Waals surface area contributed by atoms with Crippen molar-refractivity contribution in [2.24, 2.45) is 0 Å². The molecular formula is C14H9ClN2O4. The summed E-state index contributed by atoms with van der Waals surface area (Å²) in [6.07, 6.45) is 2.74. The maximum atomic E-state index is 12.1. The molecule has 0 amide bonds. The van der Waals surface area contributed by atoms with Crippen LogP contribution in [0.1, 0.15) is 11.3 Å². The molecule has 7 heteroatoms. The van der Waals surface area contributed by atoms with Crippen molar-refractivity contribution in [2.75, 3.05) is 0 Å². The fourth-order valence-corrected chi connectivity index (χ4v) is 2.21. The predicted octanol–water partition coefficient (Wildman–Crippen LogP) is 1.81. The number of rotatable bonds is 1. The lowest BCUT2D eigenvalue weighted by Gasteiger charge is -2.09. The molecule has 1 heterocycles. The van der Waals surface area contributed by atoms with Crippen molar-refractivity contribution in [3.05, 3.63) is 67.5 Å². The molecule has 1 aromatic heterocycles. The number of fused-ring (bicyclic) bond motifs is 1. The van der Waals surface area contributed by atoms with Gasteiger partial charge in [0.25, 0.3) is 5.56 Å². The maximum Gasteiger partial charge on any atom is 0.428 e. The topological polar surface area (TPSA) is 81.2 Å². The summed E-state index contributed by atoms with van der Waals surface area (Å²) in [5, 5.41) is 0.500. The van der Waals surface area contributed by atoms with Crippen LogP contribution in [0.2, 0.25) is 5.02 Å². The number of H-pyrrole nitrogens is 1. The maximum absolute atomic E-state index is 12.1. The van der Waals surface area contributed by atoms with Gasteiger partial charge in [-0.2, -0.15) is 4.57 Å². The number of carbonyl (C=O) groups is 1. The molecule has 2 aromatic rings. The van der Waals surface area contributed by atoms with Crippen molar-refractivity contribution < 1.29 is 9.53 Å². The molecule has 0 saturated carbocycles. The van der Waals surface area contributed by atoms with Crippen LogP contribution in [-0.2, 0) is 6.42 Å². The molecule has 0 atom stereocenters. The van der Waals surface area contributed by atoms with Crippen LogP contribution in [-0.4, -0.2) is 15.6 Å². The number of allylic oxidation sites excluding steroid dienone is 1. The molecule has 6 nitrogen and oxygen atoms in total. The zero-order valence-corrected chi connectivity index (χ0v) is 11.4. The van der Waals surface area contributed by atoms with E-state index in [0.717, 1.165) is 4.57 Å². The molecule has 1 aliphatic rings. The highest BCUT2D eigenvalue weighted by Crippen LogP contribution is 2.17. The summed E-state index contributed by atoms with van der Waals surface area (Å²) in [5.74, 6) is 0.248. The van der Waals surface area contributed by atoms with Gasteiger partial charge in [-0.15, -0.1) is 0 Å². The number of nitrogens with one attached hydrogen (secondary N) is 1. The summed E-state index contributed by atoms with van der Waals surface area (Å²) in [4.78, 5) is 37.7. The molecule has 1 aliphatic carbocycles. The van der Waals surface area contributed by atoms with E-state index in [4.69, 9.17) is 16.3 Å². The van der Waals surface area contributed by atoms with Crippen molar-refractivity contribution in [1.82, 2.24) is 9.55 Å². The van der Waals surface area contributed by atoms with Crippen LogP contribution in [0.4, 0.5) is 4.79 Å². The Morgan fingerprint density at radius 1 is 1.24 bits per heavy atom. The summed E-state index contributed by atoms with van der Waals surface area (Å²) in [6.45, 7) is 0. The lowest BCUT2D eigenvalue weighted by molar-refractivity contribution is 0.200. The van der Waals surface area contributed by atoms with Gasteiger partial charge >= 0.3 is 11.8 Å². The Morgan fingerprint density at radius 3 is 2.67 bits per heavy atom. The number of aromatic nitrogens is 2. The lowest BCUT2D eigenvalue weighted by atomic mass is 10.2. The number of aromatic amines is 1. The molecule has 0 bridgehead atoms. The van der Waals surface area contributed by atoms with Gasteiger partial charge in [0.15, 0.2) is 0 Å². The first-order chi connectivity index (χ1) is 10.1. The van der Waals surface area contributed by atoms with Crippen molar-refractivity contribution in [1.29, 1.82) is 0 Å². The van der Waals surface area contributed by atoms with Crippen LogP contribution in [0, 0.1) is 0 Å². The number of carbonyl (C=O) groups excluding carboxylic acids is 1. The predicted molar refractivity (Wildman–Crippen MR) is 76.9 cm³/mol. The van der Waals surface area contributed by atoms with E-state index in [9.17, 15) is 14.4 Å². The minimum Gasteiger partial charge on any atom is -0.410 e. The molecule has 0 unspecified atom stereocenters. The Hall–Kier alpha value is -2.60. The first kappa shape index (κ1) is 13.4. The molecule has 106 valence electrons. The van der Waals surface area contributed by atoms with Gasteiger partial charge in [-0.05, 0) is 36.8 Å². The number of hydrogen-bond acceptors (Lipinski definition) is 4. The fourth-order valence-electron chi connectivity index (χ4n) is 2.08. The highest BCUT2D eigenvalue weighted by atomic mass is 35.5. The zero-order valence-electron chi connectivity index (χ0n) is 10.6. The van der Waals surface area contributed by atoms with Crippen molar-refractivity contribution in [3.63, 3.8) is 0 Å².